The van der Waals surface area contributed by atoms with Crippen molar-refractivity contribution >= 4 is 11.6 Å². The Kier molecular flexibility index (Phi) is 4.02. The zero-order chi connectivity index (χ0) is 12.1. The predicted molar refractivity (Wildman–Crippen MR) is 70.3 cm³/mol. The molecular weight excluding hydrogens is 212 g/mol. The van der Waals surface area contributed by atoms with Crippen LogP contribution in [0.5, 0.6) is 0 Å². The molecule has 0 bridgehead atoms. The van der Waals surface area contributed by atoms with Gasteiger partial charge in [-0.1, -0.05) is 25.0 Å². The Morgan fingerprint density at radius 1 is 1.35 bits per heavy atom. The number of nitrogens with one attached hydrogen (secondary N) is 2. The number of para-hydroxylation sites is 1. The van der Waals surface area contributed by atoms with Crippen molar-refractivity contribution in [2.24, 2.45) is 5.92 Å². The normalized spacial score (nSPS) is 14.4. The minimum absolute atomic E-state index is 0.0298. The first-order valence-corrected chi connectivity index (χ1v) is 6.42. The molecule has 3 heteroatoms. The van der Waals surface area contributed by atoms with Crippen molar-refractivity contribution in [1.82, 2.24) is 5.32 Å². The maximum Gasteiger partial charge on any atom is 0.253 e. The molecular formula is C14H20N2O. The van der Waals surface area contributed by atoms with Gasteiger partial charge in [0.25, 0.3) is 5.91 Å². The summed E-state index contributed by atoms with van der Waals surface area (Å²) in [6.45, 7) is 3.65. The number of rotatable bonds is 6. The maximum absolute atomic E-state index is 12.0. The van der Waals surface area contributed by atoms with E-state index < -0.39 is 0 Å². The standard InChI is InChI=1S/C14H20N2O/c1-2-15-13-6-4-3-5-12(13)14(17)16-10-9-11-7-8-11/h3-6,11,15H,2,7-10H2,1H3,(H,16,17). The Hall–Kier alpha value is -1.51. The van der Waals surface area contributed by atoms with E-state index in [4.69, 9.17) is 0 Å². The zero-order valence-corrected chi connectivity index (χ0v) is 10.3. The number of amides is 1. The van der Waals surface area contributed by atoms with E-state index in [1.807, 2.05) is 31.2 Å². The largest absolute Gasteiger partial charge is 0.385 e. The van der Waals surface area contributed by atoms with Crippen LogP contribution in [0.3, 0.4) is 0 Å². The smallest absolute Gasteiger partial charge is 0.253 e. The van der Waals surface area contributed by atoms with Crippen LogP contribution in [0, 0.1) is 5.92 Å². The van der Waals surface area contributed by atoms with Crippen LogP contribution in [0.4, 0.5) is 5.69 Å². The topological polar surface area (TPSA) is 41.1 Å². The van der Waals surface area contributed by atoms with E-state index in [0.717, 1.165) is 36.7 Å². The summed E-state index contributed by atoms with van der Waals surface area (Å²) in [5.74, 6) is 0.890. The van der Waals surface area contributed by atoms with Crippen LogP contribution in [0.1, 0.15) is 36.5 Å². The van der Waals surface area contributed by atoms with Crippen molar-refractivity contribution in [2.75, 3.05) is 18.4 Å². The molecule has 1 aromatic carbocycles. The van der Waals surface area contributed by atoms with E-state index in [0.29, 0.717) is 0 Å². The first-order chi connectivity index (χ1) is 8.31. The minimum atomic E-state index is 0.0298. The van der Waals surface area contributed by atoms with Gasteiger partial charge >= 0.3 is 0 Å². The molecule has 0 saturated heterocycles. The molecule has 0 unspecified atom stereocenters. The van der Waals surface area contributed by atoms with E-state index in [9.17, 15) is 4.79 Å². The highest BCUT2D eigenvalue weighted by atomic mass is 16.1. The Morgan fingerprint density at radius 3 is 2.82 bits per heavy atom. The second kappa shape index (κ2) is 5.71. The van der Waals surface area contributed by atoms with Gasteiger partial charge in [0.15, 0.2) is 0 Å². The summed E-state index contributed by atoms with van der Waals surface area (Å²) in [5, 5.41) is 6.20. The van der Waals surface area contributed by atoms with Crippen LogP contribution in [0.2, 0.25) is 0 Å². The first kappa shape index (κ1) is 12.0. The summed E-state index contributed by atoms with van der Waals surface area (Å²) >= 11 is 0. The SMILES string of the molecule is CCNc1ccccc1C(=O)NCCC1CC1. The average molecular weight is 232 g/mol. The third-order valence-corrected chi connectivity index (χ3v) is 3.07. The second-order valence-corrected chi connectivity index (χ2v) is 4.56. The third-order valence-electron chi connectivity index (χ3n) is 3.07. The zero-order valence-electron chi connectivity index (χ0n) is 10.3. The number of carbonyl (C=O) groups excluding carboxylic acids is 1. The highest BCUT2D eigenvalue weighted by molar-refractivity contribution is 5.99. The molecule has 2 N–H and O–H groups in total. The van der Waals surface area contributed by atoms with Crippen LogP contribution in [0.25, 0.3) is 0 Å². The van der Waals surface area contributed by atoms with Gasteiger partial charge in [-0.15, -0.1) is 0 Å². The lowest BCUT2D eigenvalue weighted by molar-refractivity contribution is 0.0953. The van der Waals surface area contributed by atoms with Gasteiger partial charge in [0, 0.05) is 18.8 Å². The molecule has 0 radical (unpaired) electrons. The van der Waals surface area contributed by atoms with Crippen molar-refractivity contribution in [3.8, 4) is 0 Å². The van der Waals surface area contributed by atoms with Crippen LogP contribution < -0.4 is 10.6 Å². The van der Waals surface area contributed by atoms with Crippen LogP contribution in [-0.2, 0) is 0 Å². The van der Waals surface area contributed by atoms with Crippen molar-refractivity contribution in [2.45, 2.75) is 26.2 Å². The summed E-state index contributed by atoms with van der Waals surface area (Å²) in [5.41, 5.74) is 1.66. The van der Waals surface area contributed by atoms with Gasteiger partial charge in [0.1, 0.15) is 0 Å². The van der Waals surface area contributed by atoms with E-state index in [1.165, 1.54) is 12.8 Å². The molecule has 1 aliphatic rings. The molecule has 0 spiro atoms. The molecule has 3 nitrogen and oxygen atoms in total. The van der Waals surface area contributed by atoms with E-state index in [-0.39, 0.29) is 5.91 Å². The maximum atomic E-state index is 12.0. The van der Waals surface area contributed by atoms with E-state index >= 15 is 0 Å². The molecule has 0 atom stereocenters. The monoisotopic (exact) mass is 232 g/mol. The molecule has 17 heavy (non-hydrogen) atoms. The molecule has 1 amide bonds. The molecule has 92 valence electrons. The Labute approximate surface area is 103 Å². The quantitative estimate of drug-likeness (QED) is 0.791. The lowest BCUT2D eigenvalue weighted by Crippen LogP contribution is -2.25. The van der Waals surface area contributed by atoms with Gasteiger partial charge < -0.3 is 10.6 Å². The van der Waals surface area contributed by atoms with Crippen molar-refractivity contribution in [1.29, 1.82) is 0 Å². The molecule has 1 aliphatic carbocycles. The molecule has 1 fully saturated rings. The Balaban J connectivity index is 1.91. The summed E-state index contributed by atoms with van der Waals surface area (Å²) in [7, 11) is 0. The third kappa shape index (κ3) is 3.48. The van der Waals surface area contributed by atoms with Crippen molar-refractivity contribution < 1.29 is 4.79 Å². The summed E-state index contributed by atoms with van der Waals surface area (Å²) in [6, 6.07) is 7.65. The van der Waals surface area contributed by atoms with Crippen molar-refractivity contribution in [3.05, 3.63) is 29.8 Å². The lowest BCUT2D eigenvalue weighted by Gasteiger charge is -2.10. The number of hydrogen-bond acceptors (Lipinski definition) is 2. The summed E-state index contributed by atoms with van der Waals surface area (Å²) in [6.07, 6.45) is 3.79. The highest BCUT2D eigenvalue weighted by Crippen LogP contribution is 2.31. The van der Waals surface area contributed by atoms with Crippen LogP contribution >= 0.6 is 0 Å². The fourth-order valence-corrected chi connectivity index (χ4v) is 1.92. The minimum Gasteiger partial charge on any atom is -0.385 e. The average Bonchev–Trinajstić information content (AvgIpc) is 3.14. The van der Waals surface area contributed by atoms with Gasteiger partial charge in [-0.3, -0.25) is 4.79 Å². The number of anilines is 1. The predicted octanol–water partition coefficient (Wildman–Crippen LogP) is 2.65. The molecule has 1 saturated carbocycles. The second-order valence-electron chi connectivity index (χ2n) is 4.56. The van der Waals surface area contributed by atoms with Gasteiger partial charge in [0.2, 0.25) is 0 Å². The fourth-order valence-electron chi connectivity index (χ4n) is 1.92. The molecule has 0 heterocycles. The van der Waals surface area contributed by atoms with Gasteiger partial charge in [-0.05, 0) is 31.4 Å². The van der Waals surface area contributed by atoms with Crippen LogP contribution in [-0.4, -0.2) is 19.0 Å². The molecule has 0 aromatic heterocycles. The van der Waals surface area contributed by atoms with E-state index in [1.54, 1.807) is 0 Å². The van der Waals surface area contributed by atoms with Crippen molar-refractivity contribution in [3.63, 3.8) is 0 Å². The summed E-state index contributed by atoms with van der Waals surface area (Å²) in [4.78, 5) is 12.0. The van der Waals surface area contributed by atoms with E-state index in [2.05, 4.69) is 10.6 Å². The lowest BCUT2D eigenvalue weighted by atomic mass is 10.1. The van der Waals surface area contributed by atoms with Gasteiger partial charge in [-0.2, -0.15) is 0 Å². The fraction of sp³-hybridized carbons (Fsp3) is 0.500. The van der Waals surface area contributed by atoms with Gasteiger partial charge in [-0.25, -0.2) is 0 Å². The number of carbonyl (C=O) groups is 1. The molecule has 2 rings (SSSR count). The number of benzene rings is 1. The summed E-state index contributed by atoms with van der Waals surface area (Å²) < 4.78 is 0. The van der Waals surface area contributed by atoms with Gasteiger partial charge in [0.05, 0.1) is 5.56 Å². The van der Waals surface area contributed by atoms with Crippen LogP contribution in [0.15, 0.2) is 24.3 Å². The highest BCUT2D eigenvalue weighted by Gasteiger charge is 2.20. The molecule has 1 aromatic rings. The first-order valence-electron chi connectivity index (χ1n) is 6.42. The Morgan fingerprint density at radius 2 is 2.12 bits per heavy atom. The number of hydrogen-bond donors (Lipinski definition) is 2. The molecule has 0 aliphatic heterocycles. The Bertz CT molecular complexity index is 386.